The summed E-state index contributed by atoms with van der Waals surface area (Å²) in [5.74, 6) is -4.63. The summed E-state index contributed by atoms with van der Waals surface area (Å²) in [5, 5.41) is 4.95. The van der Waals surface area contributed by atoms with E-state index in [-0.39, 0.29) is 32.1 Å². The Morgan fingerprint density at radius 1 is 1.19 bits per heavy atom. The summed E-state index contributed by atoms with van der Waals surface area (Å²) in [6.07, 6.45) is 2.63. The van der Waals surface area contributed by atoms with Crippen LogP contribution in [0.2, 0.25) is 0 Å². The Balaban J connectivity index is 1.88. The molecule has 0 saturated carbocycles. The number of nitrogens with zero attached hydrogens (tertiary/aromatic N) is 2. The molecule has 1 aliphatic rings. The second kappa shape index (κ2) is 11.5. The van der Waals surface area contributed by atoms with E-state index in [2.05, 4.69) is 15.6 Å². The molecule has 6 N–H and O–H groups in total. The largest absolute Gasteiger partial charge is 0.370 e. The van der Waals surface area contributed by atoms with Crippen LogP contribution in [0.3, 0.4) is 0 Å². The molecule has 13 nitrogen and oxygen atoms in total. The van der Waals surface area contributed by atoms with Crippen LogP contribution in [0.1, 0.15) is 31.2 Å². The number of carbonyl (C=O) groups excluding carboxylic acids is 6. The average Bonchev–Trinajstić information content (AvgIpc) is 3.07. The normalized spacial score (nSPS) is 15.1. The molecule has 172 valence electrons. The Morgan fingerprint density at radius 2 is 1.88 bits per heavy atom. The molecule has 2 atom stereocenters. The van der Waals surface area contributed by atoms with Crippen molar-refractivity contribution in [3.63, 3.8) is 0 Å². The van der Waals surface area contributed by atoms with Gasteiger partial charge in [0.2, 0.25) is 17.7 Å². The van der Waals surface area contributed by atoms with E-state index in [4.69, 9.17) is 16.3 Å². The molecular weight excluding hydrogens is 424 g/mol. The third kappa shape index (κ3) is 7.43. The third-order valence-corrected chi connectivity index (χ3v) is 4.42. The number of hydrogen-bond acceptors (Lipinski definition) is 9. The van der Waals surface area contributed by atoms with Gasteiger partial charge in [-0.15, -0.1) is 5.06 Å². The lowest BCUT2D eigenvalue weighted by molar-refractivity contribution is -0.199. The van der Waals surface area contributed by atoms with Gasteiger partial charge in [0.25, 0.3) is 11.8 Å². The monoisotopic (exact) mass is 448 g/mol. The van der Waals surface area contributed by atoms with Crippen LogP contribution >= 0.6 is 0 Å². The van der Waals surface area contributed by atoms with Crippen molar-refractivity contribution in [2.45, 2.75) is 44.2 Å². The number of imide groups is 1. The zero-order chi connectivity index (χ0) is 23.7. The summed E-state index contributed by atoms with van der Waals surface area (Å²) in [6.45, 7) is -0.512. The van der Waals surface area contributed by atoms with Gasteiger partial charge < -0.3 is 26.9 Å². The van der Waals surface area contributed by atoms with Crippen molar-refractivity contribution in [1.82, 2.24) is 20.7 Å². The number of hydrogen-bond donors (Lipinski definition) is 4. The highest BCUT2D eigenvalue weighted by Gasteiger charge is 2.35. The van der Waals surface area contributed by atoms with Gasteiger partial charge in [0.15, 0.2) is 0 Å². The van der Waals surface area contributed by atoms with E-state index < -0.39 is 54.1 Å². The van der Waals surface area contributed by atoms with Crippen LogP contribution in [0.25, 0.3) is 0 Å². The van der Waals surface area contributed by atoms with Gasteiger partial charge in [-0.25, -0.2) is 4.79 Å². The summed E-state index contributed by atoms with van der Waals surface area (Å²) >= 11 is 0. The van der Waals surface area contributed by atoms with Crippen LogP contribution in [0.4, 0.5) is 0 Å². The number of primary amides is 1. The maximum atomic E-state index is 12.3. The molecule has 0 bridgehead atoms. The summed E-state index contributed by atoms with van der Waals surface area (Å²) in [7, 11) is 0. The first-order valence-corrected chi connectivity index (χ1v) is 9.74. The van der Waals surface area contributed by atoms with Crippen molar-refractivity contribution in [2.24, 2.45) is 11.5 Å². The van der Waals surface area contributed by atoms with Crippen LogP contribution in [0.5, 0.6) is 0 Å². The van der Waals surface area contributed by atoms with E-state index in [0.717, 1.165) is 5.56 Å². The molecule has 13 heteroatoms. The summed E-state index contributed by atoms with van der Waals surface area (Å²) < 4.78 is 0. The van der Waals surface area contributed by atoms with Gasteiger partial charge in [-0.1, -0.05) is 6.07 Å². The van der Waals surface area contributed by atoms with Crippen LogP contribution in [-0.2, 0) is 40.0 Å². The van der Waals surface area contributed by atoms with Gasteiger partial charge in [-0.2, -0.15) is 0 Å². The first-order valence-electron chi connectivity index (χ1n) is 9.74. The minimum atomic E-state index is -1.38. The van der Waals surface area contributed by atoms with Crippen molar-refractivity contribution < 1.29 is 33.6 Å². The van der Waals surface area contributed by atoms with Crippen molar-refractivity contribution in [3.8, 4) is 0 Å². The van der Waals surface area contributed by atoms with E-state index >= 15 is 0 Å². The molecule has 1 aromatic heterocycles. The smallest absolute Gasteiger partial charge is 0.355 e. The fraction of sp³-hybridized carbons (Fsp3) is 0.421. The molecule has 0 aliphatic carbocycles. The fourth-order valence-corrected chi connectivity index (χ4v) is 2.76. The third-order valence-electron chi connectivity index (χ3n) is 4.42. The van der Waals surface area contributed by atoms with Crippen molar-refractivity contribution in [3.05, 3.63) is 30.1 Å². The lowest BCUT2D eigenvalue weighted by Crippen LogP contribution is -2.50. The van der Waals surface area contributed by atoms with Crippen molar-refractivity contribution in [1.29, 1.82) is 0 Å². The minimum Gasteiger partial charge on any atom is -0.370 e. The number of rotatable bonds is 11. The topological polar surface area (TPSA) is 204 Å². The molecule has 0 aromatic carbocycles. The van der Waals surface area contributed by atoms with E-state index in [1.165, 1.54) is 0 Å². The second-order valence-electron chi connectivity index (χ2n) is 7.01. The molecule has 0 radical (unpaired) electrons. The van der Waals surface area contributed by atoms with Gasteiger partial charge in [0, 0.05) is 31.7 Å². The molecule has 0 spiro atoms. The molecule has 2 rings (SSSR count). The first-order chi connectivity index (χ1) is 15.2. The van der Waals surface area contributed by atoms with Gasteiger partial charge in [0.1, 0.15) is 6.04 Å². The molecule has 0 unspecified atom stereocenters. The fourth-order valence-electron chi connectivity index (χ4n) is 2.76. The maximum absolute atomic E-state index is 12.3. The first kappa shape index (κ1) is 24.4. The number of pyridine rings is 1. The SMILES string of the molecule is NC(=O)CC[C@H](NC(=O)CNC(=O)[C@@H](N)Cc1cccnc1)C(=O)ON1C(=O)CCC1=O. The summed E-state index contributed by atoms with van der Waals surface area (Å²) in [4.78, 5) is 79.6. The zero-order valence-electron chi connectivity index (χ0n) is 17.1. The number of nitrogens with one attached hydrogen (secondary N) is 2. The van der Waals surface area contributed by atoms with Crippen LogP contribution in [-0.4, -0.2) is 64.2 Å². The standard InChI is InChI=1S/C19H24N6O7/c20-12(8-11-2-1-7-22-9-11)18(30)23-10-15(27)24-13(3-4-14(21)26)19(31)32-25-16(28)5-6-17(25)29/h1-2,7,9,12-13H,3-6,8,10,20H2,(H2,21,26)(H,23,30)(H,24,27)/t12-,13-/m0/s1. The molecule has 2 heterocycles. The van der Waals surface area contributed by atoms with E-state index in [0.29, 0.717) is 5.06 Å². The molecule has 1 fully saturated rings. The Bertz CT molecular complexity index is 875. The molecule has 1 aromatic rings. The molecule has 5 amide bonds. The maximum Gasteiger partial charge on any atom is 0.355 e. The molecular formula is C19H24N6O7. The highest BCUT2D eigenvalue weighted by atomic mass is 16.7. The lowest BCUT2D eigenvalue weighted by Gasteiger charge is -2.20. The Labute approximate surface area is 182 Å². The molecule has 32 heavy (non-hydrogen) atoms. The molecule has 1 saturated heterocycles. The van der Waals surface area contributed by atoms with Gasteiger partial charge in [-0.3, -0.25) is 29.0 Å². The molecule has 1 aliphatic heterocycles. The predicted molar refractivity (Wildman–Crippen MR) is 106 cm³/mol. The van der Waals surface area contributed by atoms with Crippen molar-refractivity contribution >= 4 is 35.5 Å². The summed E-state index contributed by atoms with van der Waals surface area (Å²) in [5.41, 5.74) is 11.6. The highest BCUT2D eigenvalue weighted by molar-refractivity contribution is 6.02. The lowest BCUT2D eigenvalue weighted by atomic mass is 10.1. The average molecular weight is 448 g/mol. The number of nitrogens with two attached hydrogens (primary N) is 2. The van der Waals surface area contributed by atoms with E-state index in [1.807, 2.05) is 0 Å². The Morgan fingerprint density at radius 3 is 2.47 bits per heavy atom. The Kier molecular flexibility index (Phi) is 8.77. The zero-order valence-corrected chi connectivity index (χ0v) is 17.1. The van der Waals surface area contributed by atoms with Gasteiger partial charge in [0.05, 0.1) is 12.6 Å². The van der Waals surface area contributed by atoms with E-state index in [9.17, 15) is 28.8 Å². The number of aromatic nitrogens is 1. The minimum absolute atomic E-state index is 0.101. The van der Waals surface area contributed by atoms with Gasteiger partial charge >= 0.3 is 5.97 Å². The summed E-state index contributed by atoms with van der Waals surface area (Å²) in [6, 6.07) is 1.13. The Hall–Kier alpha value is -3.87. The quantitative estimate of drug-likeness (QED) is 0.262. The number of hydroxylamine groups is 2. The predicted octanol–water partition coefficient (Wildman–Crippen LogP) is -2.57. The van der Waals surface area contributed by atoms with Crippen LogP contribution in [0, 0.1) is 0 Å². The van der Waals surface area contributed by atoms with E-state index in [1.54, 1.807) is 24.5 Å². The van der Waals surface area contributed by atoms with Crippen LogP contribution in [0.15, 0.2) is 24.5 Å². The number of carbonyl (C=O) groups is 6. The van der Waals surface area contributed by atoms with Gasteiger partial charge in [-0.05, 0) is 24.5 Å². The number of amides is 5. The second-order valence-corrected chi connectivity index (χ2v) is 7.01. The highest BCUT2D eigenvalue weighted by Crippen LogP contribution is 2.13. The van der Waals surface area contributed by atoms with Crippen LogP contribution < -0.4 is 22.1 Å². The van der Waals surface area contributed by atoms with Crippen molar-refractivity contribution in [2.75, 3.05) is 6.54 Å².